The minimum absolute atomic E-state index is 0.177. The molecule has 0 bridgehead atoms. The van der Waals surface area contributed by atoms with Crippen LogP contribution in [-0.4, -0.2) is 14.7 Å². The molecule has 0 saturated carbocycles. The summed E-state index contributed by atoms with van der Waals surface area (Å²) in [5, 5.41) is 0. The third-order valence-electron chi connectivity index (χ3n) is 2.38. The van der Waals surface area contributed by atoms with E-state index in [1.54, 1.807) is 12.1 Å². The molecule has 0 atom stereocenters. The molecule has 0 heterocycles. The van der Waals surface area contributed by atoms with Crippen molar-refractivity contribution in [2.75, 3.05) is 4.72 Å². The summed E-state index contributed by atoms with van der Waals surface area (Å²) in [6.45, 7) is 0. The van der Waals surface area contributed by atoms with E-state index in [1.807, 2.05) is 0 Å². The van der Waals surface area contributed by atoms with E-state index in [2.05, 4.69) is 4.72 Å². The molecule has 0 fully saturated rings. The summed E-state index contributed by atoms with van der Waals surface area (Å²) in [4.78, 5) is 10.4. The number of aldehydes is 1. The summed E-state index contributed by atoms with van der Waals surface area (Å²) < 4.78 is 39.3. The van der Waals surface area contributed by atoms with E-state index in [-0.39, 0.29) is 10.6 Å². The van der Waals surface area contributed by atoms with E-state index in [0.29, 0.717) is 11.8 Å². The van der Waals surface area contributed by atoms with Crippen molar-refractivity contribution in [2.24, 2.45) is 0 Å². The Labute approximate surface area is 109 Å². The Morgan fingerprint density at radius 2 is 1.79 bits per heavy atom. The fourth-order valence-electron chi connectivity index (χ4n) is 1.52. The predicted molar refractivity (Wildman–Crippen MR) is 69.0 cm³/mol. The molecule has 2 aromatic rings. The van der Waals surface area contributed by atoms with Crippen LogP contribution < -0.4 is 4.72 Å². The number of anilines is 1. The lowest BCUT2D eigenvalue weighted by atomic mass is 10.2. The Morgan fingerprint density at radius 3 is 2.47 bits per heavy atom. The SMILES string of the molecule is O=Cc1cccc(NS(=O)(=O)c2cccc(F)c2)c1. The molecule has 0 aliphatic rings. The van der Waals surface area contributed by atoms with Crippen LogP contribution >= 0.6 is 0 Å². The second-order valence-electron chi connectivity index (χ2n) is 3.81. The molecule has 98 valence electrons. The number of benzene rings is 2. The van der Waals surface area contributed by atoms with Crippen molar-refractivity contribution in [3.8, 4) is 0 Å². The number of nitrogens with one attached hydrogen (secondary N) is 1. The van der Waals surface area contributed by atoms with Crippen molar-refractivity contribution in [3.05, 3.63) is 59.9 Å². The van der Waals surface area contributed by atoms with Crippen molar-refractivity contribution in [3.63, 3.8) is 0 Å². The van der Waals surface area contributed by atoms with Crippen molar-refractivity contribution in [1.29, 1.82) is 0 Å². The molecule has 0 aliphatic carbocycles. The summed E-state index contributed by atoms with van der Waals surface area (Å²) >= 11 is 0. The van der Waals surface area contributed by atoms with Gasteiger partial charge in [-0.25, -0.2) is 12.8 Å². The number of halogens is 1. The Balaban J connectivity index is 2.33. The van der Waals surface area contributed by atoms with Crippen LogP contribution in [0.15, 0.2) is 53.4 Å². The maximum atomic E-state index is 13.0. The third-order valence-corrected chi connectivity index (χ3v) is 3.76. The molecule has 6 heteroatoms. The van der Waals surface area contributed by atoms with Gasteiger partial charge in [0.2, 0.25) is 0 Å². The number of hydrogen-bond donors (Lipinski definition) is 1. The maximum Gasteiger partial charge on any atom is 0.261 e. The maximum absolute atomic E-state index is 13.0. The van der Waals surface area contributed by atoms with E-state index in [4.69, 9.17) is 0 Å². The predicted octanol–water partition coefficient (Wildman–Crippen LogP) is 2.44. The van der Waals surface area contributed by atoms with Crippen molar-refractivity contribution in [1.82, 2.24) is 0 Å². The van der Waals surface area contributed by atoms with Crippen LogP contribution in [0.4, 0.5) is 10.1 Å². The Kier molecular flexibility index (Phi) is 3.62. The summed E-state index contributed by atoms with van der Waals surface area (Å²) in [5.74, 6) is -0.635. The highest BCUT2D eigenvalue weighted by molar-refractivity contribution is 7.92. The van der Waals surface area contributed by atoms with E-state index in [0.717, 1.165) is 12.1 Å². The summed E-state index contributed by atoms with van der Waals surface area (Å²) in [6, 6.07) is 10.7. The van der Waals surface area contributed by atoms with Gasteiger partial charge in [-0.2, -0.15) is 0 Å². The van der Waals surface area contributed by atoms with E-state index < -0.39 is 15.8 Å². The van der Waals surface area contributed by atoms with Crippen LogP contribution in [0.1, 0.15) is 10.4 Å². The first-order valence-electron chi connectivity index (χ1n) is 5.35. The lowest BCUT2D eigenvalue weighted by molar-refractivity contribution is 0.112. The molecule has 1 N–H and O–H groups in total. The van der Waals surface area contributed by atoms with Gasteiger partial charge in [-0.1, -0.05) is 18.2 Å². The minimum atomic E-state index is -3.87. The molecule has 2 rings (SSSR count). The van der Waals surface area contributed by atoms with Crippen molar-refractivity contribution < 1.29 is 17.6 Å². The Morgan fingerprint density at radius 1 is 1.05 bits per heavy atom. The highest BCUT2D eigenvalue weighted by atomic mass is 32.2. The second-order valence-corrected chi connectivity index (χ2v) is 5.49. The lowest BCUT2D eigenvalue weighted by Crippen LogP contribution is -2.13. The standard InChI is InChI=1S/C13H10FNO3S/c14-11-4-2-6-13(8-11)19(17,18)15-12-5-1-3-10(7-12)9-16/h1-9,15H. The summed E-state index contributed by atoms with van der Waals surface area (Å²) in [7, 11) is -3.87. The molecule has 0 unspecified atom stereocenters. The molecule has 19 heavy (non-hydrogen) atoms. The van der Waals surface area contributed by atoms with Crippen LogP contribution in [-0.2, 0) is 10.0 Å². The van der Waals surface area contributed by atoms with Crippen molar-refractivity contribution in [2.45, 2.75) is 4.90 Å². The van der Waals surface area contributed by atoms with E-state index in [9.17, 15) is 17.6 Å². The molecule has 2 aromatic carbocycles. The van der Waals surface area contributed by atoms with Gasteiger partial charge in [-0.05, 0) is 30.3 Å². The first kappa shape index (κ1) is 13.2. The van der Waals surface area contributed by atoms with E-state index >= 15 is 0 Å². The Hall–Kier alpha value is -2.21. The third kappa shape index (κ3) is 3.17. The van der Waals surface area contributed by atoms with Crippen LogP contribution in [0.25, 0.3) is 0 Å². The smallest absolute Gasteiger partial charge is 0.261 e. The van der Waals surface area contributed by atoms with Gasteiger partial charge in [0, 0.05) is 11.3 Å². The van der Waals surface area contributed by atoms with Gasteiger partial charge >= 0.3 is 0 Å². The van der Waals surface area contributed by atoms with Gasteiger partial charge in [0.1, 0.15) is 12.1 Å². The molecule has 4 nitrogen and oxygen atoms in total. The lowest BCUT2D eigenvalue weighted by Gasteiger charge is -2.08. The Bertz CT molecular complexity index is 713. The monoisotopic (exact) mass is 279 g/mol. The number of hydrogen-bond acceptors (Lipinski definition) is 3. The highest BCUT2D eigenvalue weighted by Crippen LogP contribution is 2.17. The van der Waals surface area contributed by atoms with Crippen LogP contribution in [0.5, 0.6) is 0 Å². The number of rotatable bonds is 4. The number of sulfonamides is 1. The quantitative estimate of drug-likeness (QED) is 0.874. The molecule has 0 radical (unpaired) electrons. The molecular weight excluding hydrogens is 269 g/mol. The summed E-state index contributed by atoms with van der Waals surface area (Å²) in [6.07, 6.45) is 0.611. The highest BCUT2D eigenvalue weighted by Gasteiger charge is 2.14. The summed E-state index contributed by atoms with van der Waals surface area (Å²) in [5.41, 5.74) is 0.591. The zero-order valence-corrected chi connectivity index (χ0v) is 10.5. The average molecular weight is 279 g/mol. The molecular formula is C13H10FNO3S. The first-order valence-corrected chi connectivity index (χ1v) is 6.83. The van der Waals surface area contributed by atoms with Crippen LogP contribution in [0.3, 0.4) is 0 Å². The molecule has 0 amide bonds. The number of carbonyl (C=O) groups is 1. The minimum Gasteiger partial charge on any atom is -0.298 e. The molecule has 0 aliphatic heterocycles. The van der Waals surface area contributed by atoms with Gasteiger partial charge < -0.3 is 0 Å². The zero-order valence-electron chi connectivity index (χ0n) is 9.71. The van der Waals surface area contributed by atoms with Gasteiger partial charge in [-0.3, -0.25) is 9.52 Å². The van der Waals surface area contributed by atoms with Gasteiger partial charge in [0.05, 0.1) is 4.90 Å². The zero-order chi connectivity index (χ0) is 13.9. The van der Waals surface area contributed by atoms with Gasteiger partial charge in [-0.15, -0.1) is 0 Å². The van der Waals surface area contributed by atoms with Crippen LogP contribution in [0, 0.1) is 5.82 Å². The van der Waals surface area contributed by atoms with Crippen LogP contribution in [0.2, 0.25) is 0 Å². The molecule has 0 aromatic heterocycles. The van der Waals surface area contributed by atoms with Gasteiger partial charge in [0.25, 0.3) is 10.0 Å². The second kappa shape index (κ2) is 5.19. The number of carbonyl (C=O) groups excluding carboxylic acids is 1. The largest absolute Gasteiger partial charge is 0.298 e. The average Bonchev–Trinajstić information content (AvgIpc) is 2.38. The van der Waals surface area contributed by atoms with E-state index in [1.165, 1.54) is 24.3 Å². The topological polar surface area (TPSA) is 63.2 Å². The fraction of sp³-hybridized carbons (Fsp3) is 0. The first-order chi connectivity index (χ1) is 9.01. The van der Waals surface area contributed by atoms with Gasteiger partial charge in [0.15, 0.2) is 0 Å². The molecule has 0 spiro atoms. The fourth-order valence-corrected chi connectivity index (χ4v) is 2.60. The van der Waals surface area contributed by atoms with Crippen molar-refractivity contribution >= 4 is 22.0 Å². The normalized spacial score (nSPS) is 11.0. The molecule has 0 saturated heterocycles.